The number of carbonyl (C=O) groups excluding carboxylic acids is 1. The van der Waals surface area contributed by atoms with Crippen molar-refractivity contribution in [2.45, 2.75) is 13.3 Å². The molecule has 0 saturated carbocycles. The summed E-state index contributed by atoms with van der Waals surface area (Å²) in [6, 6.07) is 9.07. The van der Waals surface area contributed by atoms with Crippen LogP contribution in [0.4, 0.5) is 18.9 Å². The van der Waals surface area contributed by atoms with Crippen LogP contribution in [-0.4, -0.2) is 36.5 Å². The van der Waals surface area contributed by atoms with Crippen molar-refractivity contribution in [3.8, 4) is 11.5 Å². The summed E-state index contributed by atoms with van der Waals surface area (Å²) >= 11 is 5.92. The molecule has 1 N–H and O–H groups in total. The summed E-state index contributed by atoms with van der Waals surface area (Å²) in [6.45, 7) is 1.09. The lowest BCUT2D eigenvalue weighted by Crippen LogP contribution is -2.32. The first-order chi connectivity index (χ1) is 13.0. The minimum atomic E-state index is -4.85. The predicted molar refractivity (Wildman–Crippen MR) is 95.1 cm³/mol. The van der Waals surface area contributed by atoms with Crippen LogP contribution in [-0.2, 0) is 4.79 Å². The van der Waals surface area contributed by atoms with Crippen molar-refractivity contribution < 1.29 is 37.3 Å². The molecule has 0 aliphatic rings. The number of hydrogen-bond donors (Lipinski definition) is 1. The summed E-state index contributed by atoms with van der Waals surface area (Å²) in [7, 11) is 0. The highest BCUT2D eigenvalue weighted by molar-refractivity contribution is 6.32. The maximum absolute atomic E-state index is 12.2. The molecular weight excluding hydrogens is 403 g/mol. The lowest BCUT2D eigenvalue weighted by atomic mass is 10.2. The van der Waals surface area contributed by atoms with Gasteiger partial charge in [-0.1, -0.05) is 17.7 Å². The molecule has 10 heteroatoms. The van der Waals surface area contributed by atoms with Gasteiger partial charge >= 0.3 is 12.3 Å². The first-order valence-corrected chi connectivity index (χ1v) is 8.19. The maximum Gasteiger partial charge on any atom is 0.573 e. The summed E-state index contributed by atoms with van der Waals surface area (Å²) in [5, 5.41) is 8.98. The average Bonchev–Trinajstić information content (AvgIpc) is 2.58. The Morgan fingerprint density at radius 1 is 1.18 bits per heavy atom. The van der Waals surface area contributed by atoms with Crippen LogP contribution in [0.15, 0.2) is 42.5 Å². The van der Waals surface area contributed by atoms with Crippen molar-refractivity contribution in [1.29, 1.82) is 0 Å². The van der Waals surface area contributed by atoms with E-state index in [9.17, 15) is 22.8 Å². The number of aromatic carboxylic acids is 1. The largest absolute Gasteiger partial charge is 0.573 e. The van der Waals surface area contributed by atoms with E-state index in [4.69, 9.17) is 21.4 Å². The lowest BCUT2D eigenvalue weighted by Gasteiger charge is -2.24. The number of benzene rings is 2. The van der Waals surface area contributed by atoms with Crippen LogP contribution in [0.25, 0.3) is 0 Å². The molecule has 0 amide bonds. The second kappa shape index (κ2) is 8.83. The Balaban J connectivity index is 2.17. The number of halogens is 4. The Morgan fingerprint density at radius 2 is 1.89 bits per heavy atom. The normalized spacial score (nSPS) is 11.0. The molecule has 0 bridgehead atoms. The molecule has 6 nitrogen and oxygen atoms in total. The van der Waals surface area contributed by atoms with Gasteiger partial charge in [0.1, 0.15) is 17.3 Å². The van der Waals surface area contributed by atoms with E-state index >= 15 is 0 Å². The third-order valence-electron chi connectivity index (χ3n) is 3.38. The van der Waals surface area contributed by atoms with E-state index in [-0.39, 0.29) is 35.4 Å². The van der Waals surface area contributed by atoms with Crippen molar-refractivity contribution in [3.05, 3.63) is 53.1 Å². The van der Waals surface area contributed by atoms with Gasteiger partial charge in [0.05, 0.1) is 17.1 Å². The SMILES string of the molecule is CC(=O)CN(COc1ccc(OC(F)(F)F)cc1Cl)c1cccc(C(=O)O)c1. The molecule has 0 aliphatic carbocycles. The van der Waals surface area contributed by atoms with Gasteiger partial charge in [-0.05, 0) is 37.3 Å². The topological polar surface area (TPSA) is 76.1 Å². The predicted octanol–water partition coefficient (Wildman–Crippen LogP) is 4.37. The molecule has 0 heterocycles. The summed E-state index contributed by atoms with van der Waals surface area (Å²) in [5.41, 5.74) is 0.445. The standard InChI is InChI=1S/C18H15ClF3NO5/c1-11(24)9-23(13-4-2-3-12(7-13)17(25)26)10-27-16-6-5-14(8-15(16)19)28-18(20,21)22/h2-8H,9-10H2,1H3,(H,25,26). The number of carboxylic acid groups (broad SMARTS) is 1. The lowest BCUT2D eigenvalue weighted by molar-refractivity contribution is -0.274. The van der Waals surface area contributed by atoms with E-state index in [0.29, 0.717) is 5.69 Å². The average molecular weight is 418 g/mol. The van der Waals surface area contributed by atoms with E-state index in [2.05, 4.69) is 4.74 Å². The number of Topliss-reactive ketones (excluding diaryl/α,β-unsaturated/α-hetero) is 1. The summed E-state index contributed by atoms with van der Waals surface area (Å²) in [6.07, 6.45) is -4.85. The number of alkyl halides is 3. The first kappa shape index (κ1) is 21.4. The number of carbonyl (C=O) groups is 2. The Hall–Kier alpha value is -2.94. The number of carboxylic acids is 1. The van der Waals surface area contributed by atoms with Crippen molar-refractivity contribution in [3.63, 3.8) is 0 Å². The molecule has 150 valence electrons. The fourth-order valence-corrected chi connectivity index (χ4v) is 2.48. The highest BCUT2D eigenvalue weighted by atomic mass is 35.5. The van der Waals surface area contributed by atoms with E-state index < -0.39 is 18.1 Å². The number of ether oxygens (including phenoxy) is 2. The van der Waals surface area contributed by atoms with Crippen LogP contribution in [0, 0.1) is 0 Å². The molecule has 0 saturated heterocycles. The van der Waals surface area contributed by atoms with E-state index in [1.54, 1.807) is 6.07 Å². The fourth-order valence-electron chi connectivity index (χ4n) is 2.26. The second-order valence-corrected chi connectivity index (χ2v) is 6.08. The Kier molecular flexibility index (Phi) is 6.74. The molecule has 0 atom stereocenters. The van der Waals surface area contributed by atoms with Gasteiger partial charge in [-0.15, -0.1) is 13.2 Å². The third kappa shape index (κ3) is 6.34. The van der Waals surface area contributed by atoms with Crippen molar-refractivity contribution in [2.24, 2.45) is 0 Å². The van der Waals surface area contributed by atoms with Crippen LogP contribution in [0.3, 0.4) is 0 Å². The minimum absolute atomic E-state index is 0.0257. The summed E-state index contributed by atoms with van der Waals surface area (Å²) in [4.78, 5) is 24.1. The quantitative estimate of drug-likeness (QED) is 0.643. The van der Waals surface area contributed by atoms with Gasteiger partial charge in [0.2, 0.25) is 0 Å². The highest BCUT2D eigenvalue weighted by Crippen LogP contribution is 2.32. The monoisotopic (exact) mass is 417 g/mol. The number of hydrogen-bond acceptors (Lipinski definition) is 5. The van der Waals surface area contributed by atoms with Gasteiger partial charge in [-0.3, -0.25) is 4.79 Å². The van der Waals surface area contributed by atoms with E-state index in [1.165, 1.54) is 36.1 Å². The second-order valence-electron chi connectivity index (χ2n) is 5.67. The van der Waals surface area contributed by atoms with Gasteiger partial charge in [-0.2, -0.15) is 0 Å². The summed E-state index contributed by atoms with van der Waals surface area (Å²) < 4.78 is 46.0. The Labute approximate surface area is 163 Å². The smallest absolute Gasteiger partial charge is 0.478 e. The molecule has 0 aromatic heterocycles. The van der Waals surface area contributed by atoms with E-state index in [1.807, 2.05) is 0 Å². The van der Waals surface area contributed by atoms with Gasteiger partial charge in [0.15, 0.2) is 6.73 Å². The first-order valence-electron chi connectivity index (χ1n) is 7.81. The van der Waals surface area contributed by atoms with Crippen LogP contribution in [0.2, 0.25) is 5.02 Å². The van der Waals surface area contributed by atoms with Crippen LogP contribution >= 0.6 is 11.6 Å². The van der Waals surface area contributed by atoms with Gasteiger partial charge in [-0.25, -0.2) is 4.79 Å². The number of ketones is 1. The number of rotatable bonds is 8. The fraction of sp³-hybridized carbons (Fsp3) is 0.222. The Morgan fingerprint density at radius 3 is 2.46 bits per heavy atom. The molecule has 2 aromatic rings. The number of anilines is 1. The molecule has 0 spiro atoms. The zero-order valence-electron chi connectivity index (χ0n) is 14.5. The van der Waals surface area contributed by atoms with Crippen molar-refractivity contribution in [2.75, 3.05) is 18.2 Å². The van der Waals surface area contributed by atoms with Crippen LogP contribution in [0.1, 0.15) is 17.3 Å². The van der Waals surface area contributed by atoms with Crippen LogP contribution in [0.5, 0.6) is 11.5 Å². The molecule has 2 rings (SSSR count). The zero-order valence-corrected chi connectivity index (χ0v) is 15.3. The third-order valence-corrected chi connectivity index (χ3v) is 3.68. The molecule has 28 heavy (non-hydrogen) atoms. The summed E-state index contributed by atoms with van der Waals surface area (Å²) in [5.74, 6) is -1.77. The van der Waals surface area contributed by atoms with E-state index in [0.717, 1.165) is 12.1 Å². The van der Waals surface area contributed by atoms with Crippen molar-refractivity contribution >= 4 is 29.0 Å². The highest BCUT2D eigenvalue weighted by Gasteiger charge is 2.31. The van der Waals surface area contributed by atoms with Gasteiger partial charge in [0.25, 0.3) is 0 Å². The molecule has 0 radical (unpaired) electrons. The van der Waals surface area contributed by atoms with Gasteiger partial charge < -0.3 is 19.5 Å². The molecule has 0 unspecified atom stereocenters. The van der Waals surface area contributed by atoms with Crippen LogP contribution < -0.4 is 14.4 Å². The Bertz CT molecular complexity index is 873. The van der Waals surface area contributed by atoms with Crippen molar-refractivity contribution in [1.82, 2.24) is 0 Å². The minimum Gasteiger partial charge on any atom is -0.478 e. The zero-order chi connectivity index (χ0) is 20.9. The molecule has 2 aromatic carbocycles. The molecule has 0 aliphatic heterocycles. The van der Waals surface area contributed by atoms with Gasteiger partial charge in [0, 0.05) is 11.8 Å². The molecular formula is C18H15ClF3NO5. The molecule has 0 fully saturated rings. The number of nitrogens with zero attached hydrogens (tertiary/aromatic N) is 1. The maximum atomic E-state index is 12.2.